The molecule has 11 heteroatoms. The van der Waals surface area contributed by atoms with Crippen LogP contribution in [0.2, 0.25) is 0 Å². The fourth-order valence-corrected chi connectivity index (χ4v) is 8.53. The summed E-state index contributed by atoms with van der Waals surface area (Å²) in [5.41, 5.74) is -1.57. The van der Waals surface area contributed by atoms with Crippen molar-refractivity contribution in [2.75, 3.05) is 70.6 Å². The minimum atomic E-state index is -1.23. The van der Waals surface area contributed by atoms with E-state index in [-0.39, 0.29) is 42.7 Å². The third kappa shape index (κ3) is 6.19. The minimum Gasteiger partial charge on any atom is -0.494 e. The topological polar surface area (TPSA) is 112 Å². The maximum absolute atomic E-state index is 14.9. The van der Waals surface area contributed by atoms with Crippen molar-refractivity contribution < 1.29 is 33.7 Å². The molecule has 1 aromatic rings. The summed E-state index contributed by atoms with van der Waals surface area (Å²) in [4.78, 5) is 51.9. The number of ether oxygens (including phenoxy) is 3. The first-order valence-corrected chi connectivity index (χ1v) is 17.5. The summed E-state index contributed by atoms with van der Waals surface area (Å²) in [5.74, 6) is -2.12. The number of fused-ring (bicyclic) bond motifs is 1. The van der Waals surface area contributed by atoms with E-state index >= 15 is 0 Å². The van der Waals surface area contributed by atoms with Gasteiger partial charge in [-0.2, -0.15) is 0 Å². The van der Waals surface area contributed by atoms with Crippen LogP contribution in [0.1, 0.15) is 41.0 Å². The number of morpholine rings is 1. The number of amides is 3. The molecule has 1 aromatic carbocycles. The first-order chi connectivity index (χ1) is 23.0. The van der Waals surface area contributed by atoms with Crippen LogP contribution in [-0.4, -0.2) is 127 Å². The van der Waals surface area contributed by atoms with E-state index < -0.39 is 35.1 Å². The molecule has 0 saturated carbocycles. The molecule has 0 radical (unpaired) electrons. The molecule has 4 aliphatic rings. The van der Waals surface area contributed by atoms with Gasteiger partial charge in [-0.3, -0.25) is 19.3 Å². The monoisotopic (exact) mass is 666 g/mol. The van der Waals surface area contributed by atoms with E-state index in [0.29, 0.717) is 57.3 Å². The van der Waals surface area contributed by atoms with E-state index in [1.807, 2.05) is 58.9 Å². The zero-order chi connectivity index (χ0) is 34.8. The number of carbonyl (C=O) groups excluding carboxylic acids is 3. The molecule has 4 saturated heterocycles. The number of nitrogens with zero attached hydrogens (tertiary/aromatic N) is 4. The van der Waals surface area contributed by atoms with Gasteiger partial charge in [-0.1, -0.05) is 32.9 Å². The number of carbonyl (C=O) groups is 3. The number of hydrogen-bond acceptors (Lipinski definition) is 8. The van der Waals surface area contributed by atoms with Crippen molar-refractivity contribution in [3.05, 3.63) is 49.6 Å². The Morgan fingerprint density at radius 3 is 2.38 bits per heavy atom. The molecular formula is C37H54N4O7. The highest BCUT2D eigenvalue weighted by Gasteiger charge is 2.80. The summed E-state index contributed by atoms with van der Waals surface area (Å²) >= 11 is 0. The number of benzene rings is 1. The molecule has 5 rings (SSSR count). The second kappa shape index (κ2) is 14.7. The normalized spacial score (nSPS) is 30.3. The third-order valence-electron chi connectivity index (χ3n) is 11.1. The molecule has 11 nitrogen and oxygen atoms in total. The summed E-state index contributed by atoms with van der Waals surface area (Å²) in [5, 5.41) is 10.7. The van der Waals surface area contributed by atoms with Crippen LogP contribution >= 0.6 is 0 Å². The van der Waals surface area contributed by atoms with E-state index in [0.717, 1.165) is 13.1 Å². The molecule has 3 unspecified atom stereocenters. The predicted molar refractivity (Wildman–Crippen MR) is 184 cm³/mol. The molecule has 3 amide bonds. The predicted octanol–water partition coefficient (Wildman–Crippen LogP) is 2.98. The Balaban J connectivity index is 1.56. The number of aliphatic hydroxyl groups excluding tert-OH is 1. The van der Waals surface area contributed by atoms with Crippen LogP contribution in [0.25, 0.3) is 0 Å². The summed E-state index contributed by atoms with van der Waals surface area (Å²) in [6, 6.07) is 5.68. The lowest BCUT2D eigenvalue weighted by molar-refractivity contribution is -0.156. The standard InChI is InChI=1S/C37H54N4O7/c1-8-15-39(18-17-38-19-21-46-22-20-38)35(45)32-37-23-26(6)36(7,48-37)30(31(37)34(44)41(32)29(24-42)25(4)5)33(43)40(16-9-2)27-11-13-28(14-12-27)47-10-3/h8-9,11-14,25-26,29-32,42H,1-2,10,15-24H2,3-7H3/t26?,29-,30+,31-,32?,36-,37?/m0/s1. The van der Waals surface area contributed by atoms with Gasteiger partial charge in [0, 0.05) is 45.0 Å². The molecule has 1 N–H and O–H groups in total. The van der Waals surface area contributed by atoms with Gasteiger partial charge in [0.25, 0.3) is 0 Å². The average Bonchev–Trinajstić information content (AvgIpc) is 3.59. The van der Waals surface area contributed by atoms with Crippen molar-refractivity contribution in [1.29, 1.82) is 0 Å². The second-order valence-corrected chi connectivity index (χ2v) is 14.1. The molecule has 4 fully saturated rings. The van der Waals surface area contributed by atoms with Crippen LogP contribution in [0.3, 0.4) is 0 Å². The Hall–Kier alpha value is -3.25. The smallest absolute Gasteiger partial charge is 0.248 e. The van der Waals surface area contributed by atoms with Crippen LogP contribution in [0.4, 0.5) is 5.69 Å². The highest BCUT2D eigenvalue weighted by atomic mass is 16.5. The zero-order valence-corrected chi connectivity index (χ0v) is 29.3. The number of likely N-dealkylation sites (tertiary alicyclic amines) is 1. The molecule has 2 bridgehead atoms. The van der Waals surface area contributed by atoms with E-state index in [1.165, 1.54) is 0 Å². The van der Waals surface area contributed by atoms with Crippen molar-refractivity contribution >= 4 is 23.4 Å². The summed E-state index contributed by atoms with van der Waals surface area (Å²) in [6.45, 7) is 22.3. The molecule has 0 aromatic heterocycles. The first-order valence-electron chi connectivity index (χ1n) is 17.5. The highest BCUT2D eigenvalue weighted by molar-refractivity contribution is 6.03. The fraction of sp³-hybridized carbons (Fsp3) is 0.649. The molecule has 264 valence electrons. The fourth-order valence-electron chi connectivity index (χ4n) is 8.53. The van der Waals surface area contributed by atoms with Gasteiger partial charge in [0.1, 0.15) is 17.4 Å². The molecule has 48 heavy (non-hydrogen) atoms. The number of hydrogen-bond donors (Lipinski definition) is 1. The van der Waals surface area contributed by atoms with E-state index in [9.17, 15) is 19.5 Å². The van der Waals surface area contributed by atoms with Gasteiger partial charge in [-0.15, -0.1) is 13.2 Å². The largest absolute Gasteiger partial charge is 0.494 e. The maximum atomic E-state index is 14.9. The highest BCUT2D eigenvalue weighted by Crippen LogP contribution is 2.66. The second-order valence-electron chi connectivity index (χ2n) is 14.1. The van der Waals surface area contributed by atoms with Crippen LogP contribution in [0.15, 0.2) is 49.6 Å². The summed E-state index contributed by atoms with van der Waals surface area (Å²) < 4.78 is 18.2. The Bertz CT molecular complexity index is 1350. The molecule has 1 spiro atoms. The van der Waals surface area contributed by atoms with Crippen molar-refractivity contribution in [2.45, 2.75) is 64.3 Å². The quantitative estimate of drug-likeness (QED) is 0.285. The number of anilines is 1. The molecule has 4 aliphatic heterocycles. The molecular weight excluding hydrogens is 612 g/mol. The summed E-state index contributed by atoms with van der Waals surface area (Å²) in [6.07, 6.45) is 3.82. The van der Waals surface area contributed by atoms with Gasteiger partial charge < -0.3 is 34.0 Å². The lowest BCUT2D eigenvalue weighted by atomic mass is 9.62. The SMILES string of the molecule is C=CCN(CCN1CCOCC1)C(=O)C1N([C@@H](CO)C(C)C)C(=O)[C@@H]2[C@H](C(=O)N(CC=C)c3ccc(OCC)cc3)[C@@]3(C)OC12CC3C. The van der Waals surface area contributed by atoms with Crippen LogP contribution < -0.4 is 9.64 Å². The van der Waals surface area contributed by atoms with Crippen molar-refractivity contribution in [1.82, 2.24) is 14.7 Å². The van der Waals surface area contributed by atoms with Crippen molar-refractivity contribution in [3.8, 4) is 5.75 Å². The van der Waals surface area contributed by atoms with Gasteiger partial charge in [-0.05, 0) is 56.4 Å². The van der Waals surface area contributed by atoms with E-state index in [2.05, 4.69) is 18.1 Å². The molecule has 7 atom stereocenters. The van der Waals surface area contributed by atoms with Crippen molar-refractivity contribution in [3.63, 3.8) is 0 Å². The van der Waals surface area contributed by atoms with Gasteiger partial charge in [0.2, 0.25) is 17.7 Å². The zero-order valence-electron chi connectivity index (χ0n) is 29.3. The minimum absolute atomic E-state index is 0.121. The van der Waals surface area contributed by atoms with E-state index in [1.54, 1.807) is 26.9 Å². The van der Waals surface area contributed by atoms with E-state index in [4.69, 9.17) is 14.2 Å². The van der Waals surface area contributed by atoms with Gasteiger partial charge in [0.05, 0.1) is 49.9 Å². The van der Waals surface area contributed by atoms with Crippen LogP contribution in [-0.2, 0) is 23.9 Å². The van der Waals surface area contributed by atoms with Gasteiger partial charge in [-0.25, -0.2) is 0 Å². The first kappa shape index (κ1) is 36.0. The number of rotatable bonds is 15. The Morgan fingerprint density at radius 1 is 1.12 bits per heavy atom. The third-order valence-corrected chi connectivity index (χ3v) is 11.1. The lowest BCUT2D eigenvalue weighted by Crippen LogP contribution is -2.60. The maximum Gasteiger partial charge on any atom is 0.248 e. The Morgan fingerprint density at radius 2 is 1.79 bits per heavy atom. The number of aliphatic hydroxyl groups is 1. The Kier molecular flexibility index (Phi) is 11.0. The molecule has 4 heterocycles. The summed E-state index contributed by atoms with van der Waals surface area (Å²) in [7, 11) is 0. The molecule has 0 aliphatic carbocycles. The average molecular weight is 667 g/mol. The Labute approximate surface area is 285 Å². The van der Waals surface area contributed by atoms with Crippen molar-refractivity contribution in [2.24, 2.45) is 23.7 Å². The van der Waals surface area contributed by atoms with Gasteiger partial charge in [0.15, 0.2) is 0 Å². The van der Waals surface area contributed by atoms with Gasteiger partial charge >= 0.3 is 0 Å². The van der Waals surface area contributed by atoms with Crippen LogP contribution in [0, 0.1) is 23.7 Å². The lowest BCUT2D eigenvalue weighted by Gasteiger charge is -2.41. The van der Waals surface area contributed by atoms with Crippen LogP contribution in [0.5, 0.6) is 5.75 Å².